The van der Waals surface area contributed by atoms with Gasteiger partial charge in [0.05, 0.1) is 22.7 Å². The number of carboxylic acids is 1. The molecule has 18 heavy (non-hydrogen) atoms. The van der Waals surface area contributed by atoms with E-state index in [2.05, 4.69) is 4.98 Å². The largest absolute Gasteiger partial charge is 0.478 e. The van der Waals surface area contributed by atoms with Gasteiger partial charge in [-0.15, -0.1) is 0 Å². The van der Waals surface area contributed by atoms with Crippen LogP contribution in [0, 0.1) is 11.3 Å². The second-order valence-electron chi connectivity index (χ2n) is 4.12. The van der Waals surface area contributed by atoms with Gasteiger partial charge in [0.15, 0.2) is 0 Å². The Morgan fingerprint density at radius 2 is 2.06 bits per heavy atom. The van der Waals surface area contributed by atoms with Crippen molar-refractivity contribution < 1.29 is 23.1 Å². The van der Waals surface area contributed by atoms with Gasteiger partial charge in [0.2, 0.25) is 0 Å². The zero-order chi connectivity index (χ0) is 13.6. The molecule has 94 valence electrons. The van der Waals surface area contributed by atoms with Gasteiger partial charge < -0.3 is 5.11 Å². The molecular formula is C11H7F3N2O2. The molecular weight excluding hydrogens is 249 g/mol. The molecule has 0 unspecified atom stereocenters. The molecule has 1 aromatic heterocycles. The number of rotatable bonds is 2. The fraction of sp³-hybridized carbons (Fsp3) is 0.364. The summed E-state index contributed by atoms with van der Waals surface area (Å²) < 4.78 is 37.8. The zero-order valence-corrected chi connectivity index (χ0v) is 8.95. The van der Waals surface area contributed by atoms with Crippen molar-refractivity contribution in [1.29, 1.82) is 5.26 Å². The molecule has 1 heterocycles. The van der Waals surface area contributed by atoms with Crippen LogP contribution < -0.4 is 0 Å². The molecule has 0 aromatic carbocycles. The fourth-order valence-corrected chi connectivity index (χ4v) is 1.59. The van der Waals surface area contributed by atoms with Crippen molar-refractivity contribution in [2.75, 3.05) is 0 Å². The van der Waals surface area contributed by atoms with Crippen LogP contribution in [0.5, 0.6) is 0 Å². The number of hydrogen-bond acceptors (Lipinski definition) is 3. The summed E-state index contributed by atoms with van der Waals surface area (Å²) in [5.74, 6) is -1.47. The molecule has 4 nitrogen and oxygen atoms in total. The number of nitrogens with zero attached hydrogens (tertiary/aromatic N) is 2. The van der Waals surface area contributed by atoms with Crippen molar-refractivity contribution in [1.82, 2.24) is 4.98 Å². The zero-order valence-electron chi connectivity index (χ0n) is 8.95. The lowest BCUT2D eigenvalue weighted by Gasteiger charge is -2.11. The molecule has 7 heteroatoms. The van der Waals surface area contributed by atoms with E-state index in [-0.39, 0.29) is 5.69 Å². The number of aromatic nitrogens is 1. The average Bonchev–Trinajstić information content (AvgIpc) is 3.08. The Bertz CT molecular complexity index is 556. The summed E-state index contributed by atoms with van der Waals surface area (Å²) in [6.07, 6.45) is -3.93. The Hall–Kier alpha value is -2.10. The number of pyridine rings is 1. The maximum Gasteiger partial charge on any atom is 0.433 e. The number of nitriles is 1. The summed E-state index contributed by atoms with van der Waals surface area (Å²) in [6.45, 7) is 0. The maximum absolute atomic E-state index is 12.6. The first-order chi connectivity index (χ1) is 8.28. The highest BCUT2D eigenvalue weighted by atomic mass is 19.4. The standard InChI is InChI=1S/C11H7F3N2O2/c12-11(13,14)8-4-6(9(17)18)3-7(16-8)10(5-15)1-2-10/h3-4H,1-2H2,(H,17,18). The normalized spacial score (nSPS) is 17.0. The lowest BCUT2D eigenvalue weighted by molar-refractivity contribution is -0.141. The molecule has 0 amide bonds. The van der Waals surface area contributed by atoms with Crippen molar-refractivity contribution in [2.24, 2.45) is 0 Å². The van der Waals surface area contributed by atoms with Crippen LogP contribution in [-0.2, 0) is 11.6 Å². The first-order valence-corrected chi connectivity index (χ1v) is 5.03. The second kappa shape index (κ2) is 3.70. The minimum atomic E-state index is -4.73. The van der Waals surface area contributed by atoms with Crippen LogP contribution in [0.3, 0.4) is 0 Å². The van der Waals surface area contributed by atoms with Gasteiger partial charge >= 0.3 is 12.1 Å². The quantitative estimate of drug-likeness (QED) is 0.881. The molecule has 0 saturated heterocycles. The number of hydrogen-bond donors (Lipinski definition) is 1. The predicted octanol–water partition coefficient (Wildman–Crippen LogP) is 2.35. The first-order valence-electron chi connectivity index (χ1n) is 5.03. The van der Waals surface area contributed by atoms with Crippen LogP contribution in [-0.4, -0.2) is 16.1 Å². The number of alkyl halides is 3. The van der Waals surface area contributed by atoms with Crippen molar-refractivity contribution in [3.05, 3.63) is 29.1 Å². The number of carboxylic acid groups (broad SMARTS) is 1. The topological polar surface area (TPSA) is 74.0 Å². The Balaban J connectivity index is 2.59. The van der Waals surface area contributed by atoms with E-state index in [1.807, 2.05) is 6.07 Å². The first kappa shape index (κ1) is 12.4. The second-order valence-corrected chi connectivity index (χ2v) is 4.12. The summed E-state index contributed by atoms with van der Waals surface area (Å²) >= 11 is 0. The van der Waals surface area contributed by atoms with Gasteiger partial charge in [-0.05, 0) is 25.0 Å². The van der Waals surface area contributed by atoms with Gasteiger partial charge in [-0.1, -0.05) is 0 Å². The van der Waals surface area contributed by atoms with Gasteiger partial charge in [-0.2, -0.15) is 18.4 Å². The fourth-order valence-electron chi connectivity index (χ4n) is 1.59. The van der Waals surface area contributed by atoms with Crippen LogP contribution in [0.25, 0.3) is 0 Å². The molecule has 0 aliphatic heterocycles. The Morgan fingerprint density at radius 1 is 1.44 bits per heavy atom. The number of carbonyl (C=O) groups is 1. The molecule has 0 spiro atoms. The molecule has 1 fully saturated rings. The van der Waals surface area contributed by atoms with E-state index in [4.69, 9.17) is 10.4 Å². The van der Waals surface area contributed by atoms with Crippen molar-refractivity contribution >= 4 is 5.97 Å². The minimum absolute atomic E-state index is 0.114. The Morgan fingerprint density at radius 3 is 2.44 bits per heavy atom. The van der Waals surface area contributed by atoms with E-state index in [9.17, 15) is 18.0 Å². The van der Waals surface area contributed by atoms with E-state index in [0.717, 1.165) is 6.07 Å². The molecule has 1 aromatic rings. The molecule has 1 aliphatic carbocycles. The van der Waals surface area contributed by atoms with Gasteiger partial charge in [-0.3, -0.25) is 0 Å². The third kappa shape index (κ3) is 2.01. The van der Waals surface area contributed by atoms with E-state index in [1.165, 1.54) is 0 Å². The van der Waals surface area contributed by atoms with E-state index < -0.39 is 28.8 Å². The van der Waals surface area contributed by atoms with Crippen LogP contribution in [0.1, 0.15) is 34.6 Å². The van der Waals surface area contributed by atoms with Gasteiger partial charge in [0.25, 0.3) is 0 Å². The van der Waals surface area contributed by atoms with Crippen LogP contribution in [0.2, 0.25) is 0 Å². The number of halogens is 3. The highest BCUT2D eigenvalue weighted by Crippen LogP contribution is 2.47. The van der Waals surface area contributed by atoms with Crippen LogP contribution in [0.4, 0.5) is 13.2 Å². The van der Waals surface area contributed by atoms with Crippen molar-refractivity contribution in [3.63, 3.8) is 0 Å². The lowest BCUT2D eigenvalue weighted by Crippen LogP contribution is -2.16. The average molecular weight is 256 g/mol. The van der Waals surface area contributed by atoms with Crippen LogP contribution in [0.15, 0.2) is 12.1 Å². The van der Waals surface area contributed by atoms with E-state index in [0.29, 0.717) is 18.9 Å². The molecule has 0 radical (unpaired) electrons. The SMILES string of the molecule is N#CC1(c2cc(C(=O)O)cc(C(F)(F)F)n2)CC1. The van der Waals surface area contributed by atoms with Gasteiger partial charge in [0.1, 0.15) is 5.69 Å². The van der Waals surface area contributed by atoms with E-state index in [1.54, 1.807) is 0 Å². The Labute approximate surface area is 99.7 Å². The van der Waals surface area contributed by atoms with Crippen molar-refractivity contribution in [2.45, 2.75) is 24.4 Å². The third-order valence-electron chi connectivity index (χ3n) is 2.82. The van der Waals surface area contributed by atoms with E-state index >= 15 is 0 Å². The van der Waals surface area contributed by atoms with Gasteiger partial charge in [-0.25, -0.2) is 9.78 Å². The smallest absolute Gasteiger partial charge is 0.433 e. The van der Waals surface area contributed by atoms with Crippen LogP contribution >= 0.6 is 0 Å². The predicted molar refractivity (Wildman–Crippen MR) is 52.7 cm³/mol. The highest BCUT2D eigenvalue weighted by molar-refractivity contribution is 5.88. The maximum atomic E-state index is 12.6. The molecule has 1 N–H and O–H groups in total. The lowest BCUT2D eigenvalue weighted by atomic mass is 10.0. The number of aromatic carboxylic acids is 1. The third-order valence-corrected chi connectivity index (χ3v) is 2.82. The molecule has 2 rings (SSSR count). The summed E-state index contributed by atoms with van der Waals surface area (Å²) in [4.78, 5) is 14.2. The van der Waals surface area contributed by atoms with Crippen molar-refractivity contribution in [3.8, 4) is 6.07 Å². The summed E-state index contributed by atoms with van der Waals surface area (Å²) in [7, 11) is 0. The highest BCUT2D eigenvalue weighted by Gasteiger charge is 2.48. The minimum Gasteiger partial charge on any atom is -0.478 e. The molecule has 0 atom stereocenters. The Kier molecular flexibility index (Phi) is 2.54. The monoisotopic (exact) mass is 256 g/mol. The molecule has 1 aliphatic rings. The summed E-state index contributed by atoms with van der Waals surface area (Å²) in [5, 5.41) is 17.7. The summed E-state index contributed by atoms with van der Waals surface area (Å²) in [5.41, 5.74) is -2.95. The summed E-state index contributed by atoms with van der Waals surface area (Å²) in [6, 6.07) is 3.40. The van der Waals surface area contributed by atoms with Gasteiger partial charge in [0, 0.05) is 0 Å². The molecule has 1 saturated carbocycles. The molecule has 0 bridgehead atoms.